The van der Waals surface area contributed by atoms with Crippen LogP contribution in [0.15, 0.2) is 12.7 Å². The Bertz CT molecular complexity index is 1570. The number of carbonyl (C=O) groups excluding carboxylic acids is 5. The van der Waals surface area contributed by atoms with E-state index in [2.05, 4.69) is 59.8 Å². The number of hydrogen-bond donors (Lipinski definition) is 4. The molecule has 0 aromatic rings. The van der Waals surface area contributed by atoms with Crippen molar-refractivity contribution in [2.45, 2.75) is 175 Å². The van der Waals surface area contributed by atoms with Crippen LogP contribution in [-0.2, 0) is 24.0 Å². The fraction of sp³-hybridized carbons (Fsp3) is 0.841. The molecule has 4 N–H and O–H groups in total. The molecule has 0 aromatic carbocycles. The van der Waals surface area contributed by atoms with Crippen molar-refractivity contribution in [3.05, 3.63) is 12.7 Å². The number of amides is 5. The number of rotatable bonds is 14. The summed E-state index contributed by atoms with van der Waals surface area (Å²) in [5.41, 5.74) is -2.08. The van der Waals surface area contributed by atoms with Gasteiger partial charge in [0.15, 0.2) is 0 Å². The third kappa shape index (κ3) is 7.80. The van der Waals surface area contributed by atoms with Crippen LogP contribution in [0.3, 0.4) is 0 Å². The molecule has 0 radical (unpaired) electrons. The van der Waals surface area contributed by atoms with Crippen LogP contribution in [0.2, 0.25) is 0 Å². The number of carbonyl (C=O) groups is 5. The maximum Gasteiger partial charge on any atom is 0.257 e. The molecule has 4 saturated carbocycles. The van der Waals surface area contributed by atoms with E-state index in [-0.39, 0.29) is 69.7 Å². The summed E-state index contributed by atoms with van der Waals surface area (Å²) in [5, 5.41) is 9.59. The van der Waals surface area contributed by atoms with Gasteiger partial charge in [0.1, 0.15) is 23.7 Å². The summed E-state index contributed by atoms with van der Waals surface area (Å²) in [5.74, 6) is -1.58. The Morgan fingerprint density at radius 1 is 0.895 bits per heavy atom. The number of piperidine rings is 1. The van der Waals surface area contributed by atoms with E-state index in [9.17, 15) is 19.2 Å². The molecule has 320 valence electrons. The first-order valence-electron chi connectivity index (χ1n) is 22.1. The van der Waals surface area contributed by atoms with Gasteiger partial charge in [0.25, 0.3) is 5.91 Å². The Morgan fingerprint density at radius 3 is 2.11 bits per heavy atom. The van der Waals surface area contributed by atoms with Crippen molar-refractivity contribution in [3.8, 4) is 0 Å². The molecule has 2 heterocycles. The van der Waals surface area contributed by atoms with Crippen molar-refractivity contribution in [3.63, 3.8) is 0 Å². The highest BCUT2D eigenvalue weighted by atomic mass is 32.2. The lowest BCUT2D eigenvalue weighted by Gasteiger charge is -2.40. The first-order valence-corrected chi connectivity index (χ1v) is 22.9. The molecule has 0 aromatic heterocycles. The van der Waals surface area contributed by atoms with Gasteiger partial charge in [-0.05, 0) is 101 Å². The molecular formula is C44H73N7O5S. The molecule has 12 nitrogen and oxygen atoms in total. The normalized spacial score (nSPS) is 31.7. The van der Waals surface area contributed by atoms with Crippen LogP contribution in [0.25, 0.3) is 0 Å². The maximum absolute atomic E-state index is 15.3. The van der Waals surface area contributed by atoms with Crippen LogP contribution in [-0.4, -0.2) is 106 Å². The number of hydrogen-bond acceptors (Lipinski definition) is 8. The maximum atomic E-state index is 15.3. The van der Waals surface area contributed by atoms with E-state index in [1.165, 1.54) is 12.1 Å². The molecule has 2 saturated heterocycles. The zero-order chi connectivity index (χ0) is 41.7. The van der Waals surface area contributed by atoms with E-state index < -0.39 is 29.1 Å². The van der Waals surface area contributed by atoms with Gasteiger partial charge in [-0.15, -0.1) is 6.58 Å². The van der Waals surface area contributed by atoms with E-state index >= 15 is 4.79 Å². The highest BCUT2D eigenvalue weighted by Crippen LogP contribution is 2.88. The quantitative estimate of drug-likeness (QED) is 0.136. The highest BCUT2D eigenvalue weighted by Gasteiger charge is 2.85. The summed E-state index contributed by atoms with van der Waals surface area (Å²) in [6.07, 6.45) is 13.5. The Hall–Kier alpha value is -2.64. The van der Waals surface area contributed by atoms with Crippen LogP contribution in [0, 0.1) is 33.5 Å². The lowest BCUT2D eigenvalue weighted by Crippen LogP contribution is -2.63. The van der Waals surface area contributed by atoms with Crippen molar-refractivity contribution in [1.29, 1.82) is 0 Å². The Labute approximate surface area is 346 Å². The highest BCUT2D eigenvalue weighted by molar-refractivity contribution is 7.95. The average Bonchev–Trinajstić information content (AvgIpc) is 3.89. The van der Waals surface area contributed by atoms with Gasteiger partial charge in [-0.2, -0.15) is 0 Å². The molecule has 4 aliphatic carbocycles. The minimum atomic E-state index is -1.13. The van der Waals surface area contributed by atoms with E-state index in [1.807, 2.05) is 39.0 Å². The second kappa shape index (κ2) is 16.4. The van der Waals surface area contributed by atoms with Crippen molar-refractivity contribution < 1.29 is 24.0 Å². The Kier molecular flexibility index (Phi) is 12.7. The Balaban J connectivity index is 1.27. The third-order valence-electron chi connectivity index (χ3n) is 15.8. The molecule has 2 spiro atoms. The first-order chi connectivity index (χ1) is 26.8. The van der Waals surface area contributed by atoms with Crippen molar-refractivity contribution in [1.82, 2.24) is 34.8 Å². The van der Waals surface area contributed by atoms with Gasteiger partial charge in [-0.1, -0.05) is 79.7 Å². The predicted octanol–water partition coefficient (Wildman–Crippen LogP) is 5.33. The SMILES string of the molecule is C=CC1CC1(NC(=O)C1CC2(CN1C(=O)C(NC(=O)C(NC(=O)C1CCCCN1C(C)C)C1CCCCC1)C(C)(C)C)C(C)(C)C21CCC1)C(=O)NSN(C)CC. The van der Waals surface area contributed by atoms with Gasteiger partial charge in [0.05, 0.1) is 6.04 Å². The largest absolute Gasteiger partial charge is 0.343 e. The van der Waals surface area contributed by atoms with E-state index in [0.717, 1.165) is 83.7 Å². The molecule has 57 heavy (non-hydrogen) atoms. The van der Waals surface area contributed by atoms with Crippen LogP contribution in [0.4, 0.5) is 0 Å². The molecule has 5 amide bonds. The molecule has 6 rings (SSSR count). The third-order valence-corrected chi connectivity index (χ3v) is 16.6. The summed E-state index contributed by atoms with van der Waals surface area (Å²) in [7, 11) is 1.88. The van der Waals surface area contributed by atoms with Gasteiger partial charge in [-0.25, -0.2) is 4.31 Å². The molecule has 13 heteroatoms. The summed E-state index contributed by atoms with van der Waals surface area (Å²) in [4.78, 5) is 76.4. The molecular weight excluding hydrogens is 739 g/mol. The fourth-order valence-corrected chi connectivity index (χ4v) is 12.2. The van der Waals surface area contributed by atoms with Crippen LogP contribution < -0.4 is 20.7 Å². The van der Waals surface area contributed by atoms with E-state index in [4.69, 9.17) is 0 Å². The van der Waals surface area contributed by atoms with E-state index in [1.54, 1.807) is 11.0 Å². The topological polar surface area (TPSA) is 143 Å². The van der Waals surface area contributed by atoms with Crippen LogP contribution >= 0.6 is 12.1 Å². The lowest BCUT2D eigenvalue weighted by atomic mass is 9.73. The summed E-state index contributed by atoms with van der Waals surface area (Å²) in [6, 6.07) is -2.59. The van der Waals surface area contributed by atoms with Crippen LogP contribution in [0.5, 0.6) is 0 Å². The Morgan fingerprint density at radius 2 is 1.56 bits per heavy atom. The molecule has 7 unspecified atom stereocenters. The minimum absolute atomic E-state index is 0.0252. The van der Waals surface area contributed by atoms with Gasteiger partial charge in [0.2, 0.25) is 23.6 Å². The van der Waals surface area contributed by atoms with Crippen molar-refractivity contribution in [2.24, 2.45) is 33.5 Å². The number of nitrogens with zero attached hydrogens (tertiary/aromatic N) is 3. The van der Waals surface area contributed by atoms with Gasteiger partial charge in [-0.3, -0.25) is 33.6 Å². The smallest absolute Gasteiger partial charge is 0.257 e. The molecule has 7 atom stereocenters. The molecule has 6 fully saturated rings. The molecule has 6 aliphatic rings. The number of nitrogens with one attached hydrogen (secondary N) is 4. The molecule has 0 bridgehead atoms. The number of likely N-dealkylation sites (tertiary alicyclic amines) is 2. The summed E-state index contributed by atoms with van der Waals surface area (Å²) >= 11 is 1.20. The van der Waals surface area contributed by atoms with Gasteiger partial charge >= 0.3 is 0 Å². The summed E-state index contributed by atoms with van der Waals surface area (Å²) < 4.78 is 4.82. The van der Waals surface area contributed by atoms with Crippen molar-refractivity contribution >= 4 is 41.7 Å². The average molecular weight is 812 g/mol. The van der Waals surface area contributed by atoms with Crippen LogP contribution in [0.1, 0.15) is 139 Å². The zero-order valence-corrected chi connectivity index (χ0v) is 37.2. The lowest BCUT2D eigenvalue weighted by molar-refractivity contribution is -0.145. The van der Waals surface area contributed by atoms with Gasteiger partial charge < -0.3 is 20.9 Å². The minimum Gasteiger partial charge on any atom is -0.343 e. The first kappa shape index (κ1) is 43.9. The predicted molar refractivity (Wildman–Crippen MR) is 225 cm³/mol. The zero-order valence-electron chi connectivity index (χ0n) is 36.4. The fourth-order valence-electron chi connectivity index (χ4n) is 11.7. The second-order valence-electron chi connectivity index (χ2n) is 20.3. The second-order valence-corrected chi connectivity index (χ2v) is 21.3. The molecule has 2 aliphatic heterocycles. The van der Waals surface area contributed by atoms with Crippen molar-refractivity contribution in [2.75, 3.05) is 26.7 Å². The van der Waals surface area contributed by atoms with E-state index in [0.29, 0.717) is 19.4 Å². The number of fused-ring (bicyclic) bond motifs is 1. The standard InChI is InChI=1S/C44H73N7O5S/c1-11-30-25-44(30,39(56)48-57-49(10)12-2)47-36(53)32-26-43(41(8,9)42(43)22-18-23-42)27-51(32)38(55)34(40(5,6)7)46-37(54)33(29-19-14-13-15-20-29)45-35(52)31-21-16-17-24-50(31)28(3)4/h11,28-34H,1,12-27H2,2-10H3,(H,45,52)(H,46,54)(H,47,53)(H,48,56). The monoisotopic (exact) mass is 812 g/mol. The summed E-state index contributed by atoms with van der Waals surface area (Å²) in [6.45, 7) is 22.6. The van der Waals surface area contributed by atoms with Gasteiger partial charge in [0, 0.05) is 42.6 Å².